The third kappa shape index (κ3) is 2.06. The molecular formula is C21H28N2O3. The molecule has 5 nitrogen and oxygen atoms in total. The fourth-order valence-electron chi connectivity index (χ4n) is 6.53. The lowest BCUT2D eigenvalue weighted by atomic mass is 9.53. The molecule has 4 aliphatic rings. The molecule has 2 saturated carbocycles. The molecule has 1 aromatic heterocycles. The van der Waals surface area contributed by atoms with Crippen molar-refractivity contribution in [3.05, 3.63) is 24.2 Å². The van der Waals surface area contributed by atoms with E-state index < -0.39 is 5.54 Å². The van der Waals surface area contributed by atoms with Gasteiger partial charge in [-0.3, -0.25) is 0 Å². The summed E-state index contributed by atoms with van der Waals surface area (Å²) in [5.41, 5.74) is 0.433. The van der Waals surface area contributed by atoms with E-state index in [9.17, 15) is 4.79 Å². The number of carbonyl (C=O) groups excluding carboxylic acids is 1. The molecule has 2 bridgehead atoms. The second-order valence-corrected chi connectivity index (χ2v) is 9.38. The number of aryl methyl sites for hydroxylation is 1. The number of esters is 1. The van der Waals surface area contributed by atoms with Gasteiger partial charge < -0.3 is 9.15 Å². The fraction of sp³-hybridized carbons (Fsp3) is 0.762. The summed E-state index contributed by atoms with van der Waals surface area (Å²) in [6, 6.07) is 2.06. The average molecular weight is 356 g/mol. The maximum atomic E-state index is 12.9. The fourth-order valence-corrected chi connectivity index (χ4v) is 6.53. The van der Waals surface area contributed by atoms with Gasteiger partial charge in [0.2, 0.25) is 0 Å². The van der Waals surface area contributed by atoms with Crippen molar-refractivity contribution in [2.75, 3.05) is 6.54 Å². The van der Waals surface area contributed by atoms with Gasteiger partial charge in [-0.2, -0.15) is 10.2 Å². The van der Waals surface area contributed by atoms with E-state index in [4.69, 9.17) is 9.15 Å². The van der Waals surface area contributed by atoms with Crippen LogP contribution in [0.5, 0.6) is 0 Å². The molecular weight excluding hydrogens is 328 g/mol. The van der Waals surface area contributed by atoms with Crippen LogP contribution in [0, 0.1) is 23.2 Å². The van der Waals surface area contributed by atoms with Gasteiger partial charge in [0.05, 0.1) is 19.1 Å². The van der Waals surface area contributed by atoms with Crippen LogP contribution in [-0.4, -0.2) is 23.7 Å². The first kappa shape index (κ1) is 16.5. The van der Waals surface area contributed by atoms with E-state index in [0.29, 0.717) is 18.4 Å². The quantitative estimate of drug-likeness (QED) is 0.746. The van der Waals surface area contributed by atoms with Gasteiger partial charge in [-0.05, 0) is 61.5 Å². The molecule has 0 radical (unpaired) electrons. The van der Waals surface area contributed by atoms with Crippen LogP contribution in [0.2, 0.25) is 0 Å². The molecule has 3 fully saturated rings. The average Bonchev–Trinajstić information content (AvgIpc) is 3.31. The molecule has 1 aromatic rings. The predicted molar refractivity (Wildman–Crippen MR) is 95.6 cm³/mol. The van der Waals surface area contributed by atoms with Crippen molar-refractivity contribution in [3.8, 4) is 0 Å². The van der Waals surface area contributed by atoms with Crippen molar-refractivity contribution in [2.45, 2.75) is 69.9 Å². The Kier molecular flexibility index (Phi) is 3.45. The molecule has 5 heteroatoms. The van der Waals surface area contributed by atoms with Crippen LogP contribution in [0.15, 0.2) is 33.2 Å². The molecule has 0 aromatic carbocycles. The number of carbonyl (C=O) groups is 1. The van der Waals surface area contributed by atoms with Gasteiger partial charge in [0.1, 0.15) is 5.60 Å². The number of hydrogen-bond donors (Lipinski definition) is 0. The Labute approximate surface area is 154 Å². The number of azo groups is 1. The molecule has 1 saturated heterocycles. The number of nitrogens with zero attached hydrogens (tertiary/aromatic N) is 2. The van der Waals surface area contributed by atoms with Crippen LogP contribution < -0.4 is 0 Å². The minimum Gasteiger partial charge on any atom is -0.472 e. The second-order valence-electron chi connectivity index (χ2n) is 9.38. The number of rotatable bonds is 3. The van der Waals surface area contributed by atoms with Crippen LogP contribution in [0.1, 0.15) is 57.9 Å². The Morgan fingerprint density at radius 1 is 1.31 bits per heavy atom. The Balaban J connectivity index is 1.50. The zero-order valence-electron chi connectivity index (χ0n) is 15.7. The summed E-state index contributed by atoms with van der Waals surface area (Å²) in [6.07, 6.45) is 10.8. The Morgan fingerprint density at radius 2 is 2.19 bits per heavy atom. The minimum atomic E-state index is -0.666. The molecule has 0 amide bonds. The first-order valence-electron chi connectivity index (χ1n) is 10.1. The molecule has 2 spiro atoms. The third-order valence-corrected chi connectivity index (χ3v) is 8.34. The van der Waals surface area contributed by atoms with Crippen LogP contribution >= 0.6 is 0 Å². The second kappa shape index (κ2) is 5.43. The van der Waals surface area contributed by atoms with E-state index in [1.165, 1.54) is 5.56 Å². The van der Waals surface area contributed by atoms with E-state index in [0.717, 1.165) is 44.9 Å². The predicted octanol–water partition coefficient (Wildman–Crippen LogP) is 4.56. The van der Waals surface area contributed by atoms with E-state index >= 15 is 0 Å². The highest BCUT2D eigenvalue weighted by molar-refractivity contribution is 5.85. The highest BCUT2D eigenvalue weighted by Crippen LogP contribution is 2.64. The van der Waals surface area contributed by atoms with Crippen molar-refractivity contribution in [1.29, 1.82) is 0 Å². The summed E-state index contributed by atoms with van der Waals surface area (Å²) in [5, 5.41) is 8.73. The molecule has 3 heterocycles. The van der Waals surface area contributed by atoms with Gasteiger partial charge in [-0.15, -0.1) is 0 Å². The standard InChI is InChI=1S/C21H28N2O3/c1-14-5-9-20-13-21(18(24)26-20)16(11-22-23-21)3-4-17(20)19(14,2)8-6-15-7-10-25-12-15/h7,10,12,14,16-17H,3-6,8-9,11,13H2,1-2H3. The van der Waals surface area contributed by atoms with E-state index in [1.807, 2.05) is 6.26 Å². The molecule has 6 atom stereocenters. The van der Waals surface area contributed by atoms with Gasteiger partial charge in [0.25, 0.3) is 0 Å². The van der Waals surface area contributed by atoms with E-state index in [1.54, 1.807) is 6.26 Å². The van der Waals surface area contributed by atoms with Crippen molar-refractivity contribution in [3.63, 3.8) is 0 Å². The van der Waals surface area contributed by atoms with Crippen molar-refractivity contribution >= 4 is 5.97 Å². The molecule has 26 heavy (non-hydrogen) atoms. The van der Waals surface area contributed by atoms with Gasteiger partial charge in [0, 0.05) is 18.3 Å². The molecule has 5 rings (SSSR count). The lowest BCUT2D eigenvalue weighted by Gasteiger charge is -2.54. The summed E-state index contributed by atoms with van der Waals surface area (Å²) >= 11 is 0. The van der Waals surface area contributed by atoms with Gasteiger partial charge in [-0.25, -0.2) is 4.79 Å². The lowest BCUT2D eigenvalue weighted by Crippen LogP contribution is -2.53. The molecule has 0 N–H and O–H groups in total. The van der Waals surface area contributed by atoms with Gasteiger partial charge in [0.15, 0.2) is 5.54 Å². The maximum absolute atomic E-state index is 12.9. The molecule has 2 aliphatic carbocycles. The monoisotopic (exact) mass is 356 g/mol. The molecule has 140 valence electrons. The van der Waals surface area contributed by atoms with Crippen LogP contribution in [0.3, 0.4) is 0 Å². The first-order valence-corrected chi connectivity index (χ1v) is 10.1. The zero-order valence-corrected chi connectivity index (χ0v) is 15.7. The van der Waals surface area contributed by atoms with Crippen molar-refractivity contribution in [2.24, 2.45) is 33.4 Å². The summed E-state index contributed by atoms with van der Waals surface area (Å²) in [5.74, 6) is 1.18. The smallest absolute Gasteiger partial charge is 0.337 e. The van der Waals surface area contributed by atoms with Gasteiger partial charge >= 0.3 is 5.97 Å². The maximum Gasteiger partial charge on any atom is 0.337 e. The van der Waals surface area contributed by atoms with Gasteiger partial charge in [-0.1, -0.05) is 13.8 Å². The van der Waals surface area contributed by atoms with E-state index in [-0.39, 0.29) is 22.9 Å². The van der Waals surface area contributed by atoms with Crippen molar-refractivity contribution in [1.82, 2.24) is 0 Å². The lowest BCUT2D eigenvalue weighted by molar-refractivity contribution is -0.176. The van der Waals surface area contributed by atoms with E-state index in [2.05, 4.69) is 30.1 Å². The Hall–Kier alpha value is -1.65. The van der Waals surface area contributed by atoms with Crippen LogP contribution in [0.25, 0.3) is 0 Å². The van der Waals surface area contributed by atoms with Crippen molar-refractivity contribution < 1.29 is 13.9 Å². The summed E-state index contributed by atoms with van der Waals surface area (Å²) < 4.78 is 11.5. The normalized spacial score (nSPS) is 46.5. The summed E-state index contributed by atoms with van der Waals surface area (Å²) in [4.78, 5) is 12.9. The Bertz CT molecular complexity index is 744. The summed E-state index contributed by atoms with van der Waals surface area (Å²) in [7, 11) is 0. The van der Waals surface area contributed by atoms with Crippen LogP contribution in [0.4, 0.5) is 0 Å². The zero-order chi connectivity index (χ0) is 18.0. The highest BCUT2D eigenvalue weighted by Gasteiger charge is 2.70. The number of ether oxygens (including phenoxy) is 1. The Morgan fingerprint density at radius 3 is 3.00 bits per heavy atom. The minimum absolute atomic E-state index is 0.0970. The largest absolute Gasteiger partial charge is 0.472 e. The first-order chi connectivity index (χ1) is 12.5. The third-order valence-electron chi connectivity index (χ3n) is 8.34. The highest BCUT2D eigenvalue weighted by atomic mass is 16.6. The SMILES string of the molecule is CC1CCC23CC4(N=NCC4CCC2C1(C)CCc1ccoc1)C(=O)O3. The number of furan rings is 1. The van der Waals surface area contributed by atoms with Crippen LogP contribution in [-0.2, 0) is 16.0 Å². The topological polar surface area (TPSA) is 64.2 Å². The summed E-state index contributed by atoms with van der Waals surface area (Å²) in [6.45, 7) is 5.52. The molecule has 6 unspecified atom stereocenters. The number of hydrogen-bond acceptors (Lipinski definition) is 5. The molecule has 2 aliphatic heterocycles.